The summed E-state index contributed by atoms with van der Waals surface area (Å²) in [7, 11) is 0. The number of aromatic nitrogens is 2. The number of rotatable bonds is 2. The van der Waals surface area contributed by atoms with Gasteiger partial charge in [-0.15, -0.1) is 0 Å². The van der Waals surface area contributed by atoms with E-state index >= 15 is 0 Å². The molecule has 3 nitrogen and oxygen atoms in total. The van der Waals surface area contributed by atoms with Gasteiger partial charge in [0.2, 0.25) is 0 Å². The average molecular weight is 247 g/mol. The van der Waals surface area contributed by atoms with Crippen LogP contribution < -0.4 is 5.73 Å². The second-order valence-electron chi connectivity index (χ2n) is 4.53. The standard InChI is InChI=1S/C11H16F3N3/c12-11(13,14)10-5-6-17(16-10)9-4-2-1-3-8(9)7-15/h5-6,8-9H,1-4,7,15H2. The first-order chi connectivity index (χ1) is 8.02. The van der Waals surface area contributed by atoms with Gasteiger partial charge < -0.3 is 5.73 Å². The second-order valence-corrected chi connectivity index (χ2v) is 4.53. The van der Waals surface area contributed by atoms with Gasteiger partial charge >= 0.3 is 6.18 Å². The Labute approximate surface area is 97.8 Å². The first-order valence-corrected chi connectivity index (χ1v) is 5.85. The minimum atomic E-state index is -4.36. The Kier molecular flexibility index (Phi) is 3.42. The molecule has 0 radical (unpaired) electrons. The van der Waals surface area contributed by atoms with Crippen LogP contribution in [0.4, 0.5) is 13.2 Å². The summed E-state index contributed by atoms with van der Waals surface area (Å²) >= 11 is 0. The van der Waals surface area contributed by atoms with E-state index in [1.54, 1.807) is 0 Å². The first-order valence-electron chi connectivity index (χ1n) is 5.85. The smallest absolute Gasteiger partial charge is 0.330 e. The quantitative estimate of drug-likeness (QED) is 0.873. The Morgan fingerprint density at radius 3 is 2.65 bits per heavy atom. The molecule has 96 valence electrons. The van der Waals surface area contributed by atoms with Gasteiger partial charge in [0, 0.05) is 6.20 Å². The highest BCUT2D eigenvalue weighted by Crippen LogP contribution is 2.34. The fraction of sp³-hybridized carbons (Fsp3) is 0.727. The monoisotopic (exact) mass is 247 g/mol. The highest BCUT2D eigenvalue weighted by atomic mass is 19.4. The van der Waals surface area contributed by atoms with Gasteiger partial charge in [-0.1, -0.05) is 12.8 Å². The maximum Gasteiger partial charge on any atom is 0.435 e. The van der Waals surface area contributed by atoms with Crippen molar-refractivity contribution in [3.8, 4) is 0 Å². The summed E-state index contributed by atoms with van der Waals surface area (Å²) in [5, 5.41) is 3.64. The number of halogens is 3. The van der Waals surface area contributed by atoms with Crippen molar-refractivity contribution in [1.29, 1.82) is 0 Å². The summed E-state index contributed by atoms with van der Waals surface area (Å²) in [5.41, 5.74) is 4.84. The molecule has 0 aromatic carbocycles. The van der Waals surface area contributed by atoms with Crippen molar-refractivity contribution in [2.45, 2.75) is 37.9 Å². The van der Waals surface area contributed by atoms with Crippen molar-refractivity contribution in [1.82, 2.24) is 9.78 Å². The molecule has 2 rings (SSSR count). The number of alkyl halides is 3. The molecule has 0 saturated heterocycles. The Balaban J connectivity index is 2.18. The van der Waals surface area contributed by atoms with E-state index < -0.39 is 11.9 Å². The van der Waals surface area contributed by atoms with Gasteiger partial charge in [-0.3, -0.25) is 4.68 Å². The van der Waals surface area contributed by atoms with Crippen LogP contribution in [0.5, 0.6) is 0 Å². The van der Waals surface area contributed by atoms with Crippen LogP contribution in [0.15, 0.2) is 12.3 Å². The SMILES string of the molecule is NCC1CCCCC1n1ccc(C(F)(F)F)n1. The van der Waals surface area contributed by atoms with Gasteiger partial charge in [-0.25, -0.2) is 0 Å². The van der Waals surface area contributed by atoms with Crippen LogP contribution >= 0.6 is 0 Å². The number of hydrogen-bond acceptors (Lipinski definition) is 2. The largest absolute Gasteiger partial charge is 0.435 e. The topological polar surface area (TPSA) is 43.8 Å². The molecule has 1 fully saturated rings. The van der Waals surface area contributed by atoms with E-state index in [-0.39, 0.29) is 12.0 Å². The summed E-state index contributed by atoms with van der Waals surface area (Å²) < 4.78 is 38.8. The predicted octanol–water partition coefficient (Wildman–Crippen LogP) is 2.59. The highest BCUT2D eigenvalue weighted by Gasteiger charge is 2.35. The van der Waals surface area contributed by atoms with Crippen molar-refractivity contribution in [3.63, 3.8) is 0 Å². The molecule has 1 saturated carbocycles. The molecule has 2 N–H and O–H groups in total. The normalized spacial score (nSPS) is 26.1. The van der Waals surface area contributed by atoms with Crippen molar-refractivity contribution in [3.05, 3.63) is 18.0 Å². The third-order valence-electron chi connectivity index (χ3n) is 3.41. The van der Waals surface area contributed by atoms with Gasteiger partial charge in [-0.2, -0.15) is 18.3 Å². The lowest BCUT2D eigenvalue weighted by Crippen LogP contribution is -2.29. The Bertz CT molecular complexity index is 372. The van der Waals surface area contributed by atoms with E-state index in [1.165, 1.54) is 10.9 Å². The lowest BCUT2D eigenvalue weighted by atomic mass is 9.85. The average Bonchev–Trinajstić information content (AvgIpc) is 2.77. The predicted molar refractivity (Wildman–Crippen MR) is 57.3 cm³/mol. The van der Waals surface area contributed by atoms with Gasteiger partial charge in [0.1, 0.15) is 0 Å². The lowest BCUT2D eigenvalue weighted by molar-refractivity contribution is -0.141. The Morgan fingerprint density at radius 2 is 2.06 bits per heavy atom. The van der Waals surface area contributed by atoms with Crippen LogP contribution in [0.25, 0.3) is 0 Å². The van der Waals surface area contributed by atoms with Crippen molar-refractivity contribution < 1.29 is 13.2 Å². The van der Waals surface area contributed by atoms with E-state index in [0.717, 1.165) is 31.7 Å². The van der Waals surface area contributed by atoms with Crippen LogP contribution in [-0.4, -0.2) is 16.3 Å². The lowest BCUT2D eigenvalue weighted by Gasteiger charge is -2.30. The van der Waals surface area contributed by atoms with Gasteiger partial charge in [0.25, 0.3) is 0 Å². The summed E-state index contributed by atoms with van der Waals surface area (Å²) in [4.78, 5) is 0. The van der Waals surface area contributed by atoms with Crippen LogP contribution in [0.1, 0.15) is 37.4 Å². The van der Waals surface area contributed by atoms with Gasteiger partial charge in [0.05, 0.1) is 6.04 Å². The zero-order valence-corrected chi connectivity index (χ0v) is 9.45. The van der Waals surface area contributed by atoms with Crippen molar-refractivity contribution in [2.24, 2.45) is 11.7 Å². The van der Waals surface area contributed by atoms with Crippen molar-refractivity contribution >= 4 is 0 Å². The Morgan fingerprint density at radius 1 is 1.35 bits per heavy atom. The first kappa shape index (κ1) is 12.4. The molecule has 0 aliphatic heterocycles. The van der Waals surface area contributed by atoms with E-state index in [2.05, 4.69) is 5.10 Å². The molecule has 1 aliphatic carbocycles. The van der Waals surface area contributed by atoms with Crippen LogP contribution in [-0.2, 0) is 6.18 Å². The zero-order chi connectivity index (χ0) is 12.5. The van der Waals surface area contributed by atoms with E-state index in [0.29, 0.717) is 6.54 Å². The molecular formula is C11H16F3N3. The van der Waals surface area contributed by atoms with E-state index in [4.69, 9.17) is 5.73 Å². The van der Waals surface area contributed by atoms with E-state index in [1.807, 2.05) is 0 Å². The molecule has 1 aromatic heterocycles. The van der Waals surface area contributed by atoms with Crippen LogP contribution in [0.3, 0.4) is 0 Å². The van der Waals surface area contributed by atoms with Crippen LogP contribution in [0, 0.1) is 5.92 Å². The third-order valence-corrected chi connectivity index (χ3v) is 3.41. The summed E-state index contributed by atoms with van der Waals surface area (Å²) in [6.45, 7) is 0.506. The molecule has 0 amide bonds. The fourth-order valence-corrected chi connectivity index (χ4v) is 2.49. The Hall–Kier alpha value is -1.04. The van der Waals surface area contributed by atoms with Gasteiger partial charge in [-0.05, 0) is 31.4 Å². The van der Waals surface area contributed by atoms with Gasteiger partial charge in [0.15, 0.2) is 5.69 Å². The highest BCUT2D eigenvalue weighted by molar-refractivity contribution is 5.04. The van der Waals surface area contributed by atoms with E-state index in [9.17, 15) is 13.2 Å². The minimum Gasteiger partial charge on any atom is -0.330 e. The third kappa shape index (κ3) is 2.62. The maximum atomic E-state index is 12.4. The summed E-state index contributed by atoms with van der Waals surface area (Å²) in [6.07, 6.45) is 1.02. The molecule has 0 spiro atoms. The summed E-state index contributed by atoms with van der Waals surface area (Å²) in [6, 6.07) is 1.05. The second kappa shape index (κ2) is 4.68. The molecule has 1 aliphatic rings. The zero-order valence-electron chi connectivity index (χ0n) is 9.45. The molecule has 1 heterocycles. The fourth-order valence-electron chi connectivity index (χ4n) is 2.49. The minimum absolute atomic E-state index is 0.0184. The van der Waals surface area contributed by atoms with Crippen LogP contribution in [0.2, 0.25) is 0 Å². The van der Waals surface area contributed by atoms with Crippen molar-refractivity contribution in [2.75, 3.05) is 6.54 Å². The molecular weight excluding hydrogens is 231 g/mol. The molecule has 0 bridgehead atoms. The maximum absolute atomic E-state index is 12.4. The summed E-state index contributed by atoms with van der Waals surface area (Å²) in [5.74, 6) is 0.240. The molecule has 2 unspecified atom stereocenters. The number of hydrogen-bond donors (Lipinski definition) is 1. The molecule has 17 heavy (non-hydrogen) atoms. The molecule has 2 atom stereocenters. The number of nitrogens with zero attached hydrogens (tertiary/aromatic N) is 2. The molecule has 6 heteroatoms. The molecule has 1 aromatic rings. The number of nitrogens with two attached hydrogens (primary N) is 1.